The van der Waals surface area contributed by atoms with Crippen molar-refractivity contribution in [2.75, 3.05) is 5.32 Å². The third kappa shape index (κ3) is 3.09. The smallest absolute Gasteiger partial charge is 0.313 e. The van der Waals surface area contributed by atoms with Crippen molar-refractivity contribution in [2.24, 2.45) is 0 Å². The van der Waals surface area contributed by atoms with E-state index in [0.29, 0.717) is 11.4 Å². The molecule has 2 aromatic heterocycles. The molecule has 3 N–H and O–H groups in total. The van der Waals surface area contributed by atoms with Crippen LogP contribution in [0, 0.1) is 0 Å². The number of H-pyrrole nitrogens is 1. The van der Waals surface area contributed by atoms with Gasteiger partial charge in [0.05, 0.1) is 29.6 Å². The SMILES string of the molecule is O=C(NCc1ccccn1)C(=O)Nc1ccc2nc[nH]c2c1. The summed E-state index contributed by atoms with van der Waals surface area (Å²) >= 11 is 0. The summed E-state index contributed by atoms with van der Waals surface area (Å²) in [6.07, 6.45) is 3.19. The number of benzene rings is 1. The van der Waals surface area contributed by atoms with Crippen LogP contribution in [-0.2, 0) is 16.1 Å². The lowest BCUT2D eigenvalue weighted by molar-refractivity contribution is -0.136. The fourth-order valence-electron chi connectivity index (χ4n) is 1.96. The number of nitrogens with zero attached hydrogens (tertiary/aromatic N) is 2. The van der Waals surface area contributed by atoms with Crippen LogP contribution in [0.1, 0.15) is 5.69 Å². The third-order valence-electron chi connectivity index (χ3n) is 3.04. The molecule has 3 rings (SSSR count). The molecule has 0 spiro atoms. The maximum Gasteiger partial charge on any atom is 0.313 e. The lowest BCUT2D eigenvalue weighted by Gasteiger charge is -2.06. The van der Waals surface area contributed by atoms with Gasteiger partial charge in [-0.1, -0.05) is 6.07 Å². The molecule has 7 heteroatoms. The minimum absolute atomic E-state index is 0.201. The summed E-state index contributed by atoms with van der Waals surface area (Å²) in [4.78, 5) is 34.7. The first-order chi connectivity index (χ1) is 10.7. The molecule has 0 aliphatic carbocycles. The van der Waals surface area contributed by atoms with Crippen molar-refractivity contribution in [1.82, 2.24) is 20.3 Å². The van der Waals surface area contributed by atoms with Crippen molar-refractivity contribution >= 4 is 28.5 Å². The molecular weight excluding hydrogens is 282 g/mol. The number of hydrogen-bond acceptors (Lipinski definition) is 4. The number of carbonyl (C=O) groups excluding carboxylic acids is 2. The Balaban J connectivity index is 1.59. The van der Waals surface area contributed by atoms with Gasteiger partial charge in [0.2, 0.25) is 0 Å². The molecule has 0 unspecified atom stereocenters. The molecular formula is C15H13N5O2. The van der Waals surface area contributed by atoms with Gasteiger partial charge >= 0.3 is 11.8 Å². The van der Waals surface area contributed by atoms with Gasteiger partial charge in [0.15, 0.2) is 0 Å². The highest BCUT2D eigenvalue weighted by molar-refractivity contribution is 6.39. The van der Waals surface area contributed by atoms with E-state index >= 15 is 0 Å². The van der Waals surface area contributed by atoms with E-state index in [1.165, 1.54) is 0 Å². The van der Waals surface area contributed by atoms with Crippen LogP contribution in [0.4, 0.5) is 5.69 Å². The van der Waals surface area contributed by atoms with Gasteiger partial charge in [-0.2, -0.15) is 0 Å². The van der Waals surface area contributed by atoms with E-state index in [0.717, 1.165) is 11.0 Å². The van der Waals surface area contributed by atoms with E-state index in [1.807, 2.05) is 6.07 Å². The first-order valence-electron chi connectivity index (χ1n) is 6.64. The maximum atomic E-state index is 11.8. The zero-order valence-corrected chi connectivity index (χ0v) is 11.5. The minimum atomic E-state index is -0.727. The predicted octanol–water partition coefficient (Wildman–Crippen LogP) is 1.21. The normalized spacial score (nSPS) is 10.4. The number of hydrogen-bond donors (Lipinski definition) is 3. The molecule has 0 radical (unpaired) electrons. The van der Waals surface area contributed by atoms with Crippen LogP contribution in [0.5, 0.6) is 0 Å². The third-order valence-corrected chi connectivity index (χ3v) is 3.04. The standard InChI is InChI=1S/C15H13N5O2/c21-14(17-8-11-3-1-2-6-16-11)15(22)20-10-4-5-12-13(7-10)19-9-18-12/h1-7,9H,8H2,(H,17,21)(H,18,19)(H,20,22). The number of aromatic nitrogens is 3. The van der Waals surface area contributed by atoms with E-state index in [4.69, 9.17) is 0 Å². The number of pyridine rings is 1. The second kappa shape index (κ2) is 6.04. The van der Waals surface area contributed by atoms with Gasteiger partial charge in [-0.05, 0) is 30.3 Å². The van der Waals surface area contributed by atoms with Crippen LogP contribution in [0.25, 0.3) is 11.0 Å². The number of imidazole rings is 1. The van der Waals surface area contributed by atoms with Gasteiger partial charge in [0, 0.05) is 11.9 Å². The Kier molecular flexibility index (Phi) is 3.78. The molecule has 0 saturated heterocycles. The second-order valence-corrected chi connectivity index (χ2v) is 4.59. The number of aromatic amines is 1. The van der Waals surface area contributed by atoms with Crippen LogP contribution in [0.2, 0.25) is 0 Å². The van der Waals surface area contributed by atoms with Crippen LogP contribution >= 0.6 is 0 Å². The molecule has 7 nitrogen and oxygen atoms in total. The van der Waals surface area contributed by atoms with Crippen LogP contribution in [0.15, 0.2) is 48.9 Å². The number of anilines is 1. The summed E-state index contributed by atoms with van der Waals surface area (Å²) in [6, 6.07) is 10.5. The molecule has 0 fully saturated rings. The molecule has 110 valence electrons. The van der Waals surface area contributed by atoms with E-state index < -0.39 is 11.8 Å². The minimum Gasteiger partial charge on any atom is -0.345 e. The maximum absolute atomic E-state index is 11.8. The van der Waals surface area contributed by atoms with Gasteiger partial charge < -0.3 is 15.6 Å². The fourth-order valence-corrected chi connectivity index (χ4v) is 1.96. The molecule has 1 aromatic carbocycles. The Bertz CT molecular complexity index is 813. The Morgan fingerprint density at radius 3 is 2.82 bits per heavy atom. The first kappa shape index (κ1) is 13.7. The summed E-state index contributed by atoms with van der Waals surface area (Å²) in [5, 5.41) is 5.06. The molecule has 0 saturated carbocycles. The zero-order valence-electron chi connectivity index (χ0n) is 11.5. The van der Waals surface area contributed by atoms with Crippen LogP contribution < -0.4 is 10.6 Å². The van der Waals surface area contributed by atoms with Crippen molar-refractivity contribution in [1.29, 1.82) is 0 Å². The summed E-state index contributed by atoms with van der Waals surface area (Å²) in [5.74, 6) is -1.44. The number of fused-ring (bicyclic) bond motifs is 1. The van der Waals surface area contributed by atoms with Crippen LogP contribution in [0.3, 0.4) is 0 Å². The summed E-state index contributed by atoms with van der Waals surface area (Å²) in [6.45, 7) is 0.201. The average molecular weight is 295 g/mol. The zero-order chi connectivity index (χ0) is 15.4. The van der Waals surface area contributed by atoms with Gasteiger partial charge in [0.25, 0.3) is 0 Å². The summed E-state index contributed by atoms with van der Waals surface area (Å²) < 4.78 is 0. The highest BCUT2D eigenvalue weighted by atomic mass is 16.2. The first-order valence-corrected chi connectivity index (χ1v) is 6.64. The molecule has 22 heavy (non-hydrogen) atoms. The molecule has 0 aliphatic rings. The van der Waals surface area contributed by atoms with Gasteiger partial charge in [0.1, 0.15) is 0 Å². The van der Waals surface area contributed by atoms with E-state index in [-0.39, 0.29) is 6.54 Å². The van der Waals surface area contributed by atoms with Crippen molar-refractivity contribution in [2.45, 2.75) is 6.54 Å². The van der Waals surface area contributed by atoms with Gasteiger partial charge in [-0.3, -0.25) is 14.6 Å². The number of rotatable bonds is 3. The largest absolute Gasteiger partial charge is 0.345 e. The van der Waals surface area contributed by atoms with Crippen LogP contribution in [-0.4, -0.2) is 26.8 Å². The number of nitrogens with one attached hydrogen (secondary N) is 3. The average Bonchev–Trinajstić information content (AvgIpc) is 3.01. The fraction of sp³-hybridized carbons (Fsp3) is 0.0667. The van der Waals surface area contributed by atoms with Gasteiger partial charge in [-0.15, -0.1) is 0 Å². The summed E-state index contributed by atoms with van der Waals surface area (Å²) in [5.41, 5.74) is 2.78. The Morgan fingerprint density at radius 2 is 2.00 bits per heavy atom. The lowest BCUT2D eigenvalue weighted by atomic mass is 10.2. The van der Waals surface area contributed by atoms with Crippen molar-refractivity contribution in [3.63, 3.8) is 0 Å². The molecule has 0 atom stereocenters. The molecule has 3 aromatic rings. The number of amides is 2. The van der Waals surface area contributed by atoms with Crippen molar-refractivity contribution in [3.8, 4) is 0 Å². The van der Waals surface area contributed by atoms with Gasteiger partial charge in [-0.25, -0.2) is 4.98 Å². The van der Waals surface area contributed by atoms with Crippen molar-refractivity contribution in [3.05, 3.63) is 54.6 Å². The predicted molar refractivity (Wildman–Crippen MR) is 80.8 cm³/mol. The summed E-state index contributed by atoms with van der Waals surface area (Å²) in [7, 11) is 0. The molecule has 2 heterocycles. The van der Waals surface area contributed by atoms with E-state index in [2.05, 4.69) is 25.6 Å². The van der Waals surface area contributed by atoms with E-state index in [1.54, 1.807) is 42.9 Å². The number of carbonyl (C=O) groups is 2. The Labute approximate surface area is 125 Å². The molecule has 2 amide bonds. The molecule has 0 bridgehead atoms. The molecule has 0 aliphatic heterocycles. The highest BCUT2D eigenvalue weighted by Gasteiger charge is 2.13. The second-order valence-electron chi connectivity index (χ2n) is 4.59. The quantitative estimate of drug-likeness (QED) is 0.632. The van der Waals surface area contributed by atoms with E-state index in [9.17, 15) is 9.59 Å². The topological polar surface area (TPSA) is 99.8 Å². The highest BCUT2D eigenvalue weighted by Crippen LogP contribution is 2.15. The lowest BCUT2D eigenvalue weighted by Crippen LogP contribution is -2.35. The Morgan fingerprint density at radius 1 is 1.09 bits per heavy atom. The monoisotopic (exact) mass is 295 g/mol. The Hall–Kier alpha value is -3.22. The van der Waals surface area contributed by atoms with Crippen molar-refractivity contribution < 1.29 is 9.59 Å².